The highest BCUT2D eigenvalue weighted by molar-refractivity contribution is 6.36. The largest absolute Gasteiger partial charge is 0.496 e. The van der Waals surface area contributed by atoms with Crippen molar-refractivity contribution in [3.05, 3.63) is 59.0 Å². The van der Waals surface area contributed by atoms with Crippen LogP contribution in [0.5, 0.6) is 5.75 Å². The Bertz CT molecular complexity index is 1160. The van der Waals surface area contributed by atoms with Gasteiger partial charge in [0, 0.05) is 28.5 Å². The minimum Gasteiger partial charge on any atom is -0.496 e. The zero-order chi connectivity index (χ0) is 19.3. The fourth-order valence-electron chi connectivity index (χ4n) is 3.36. The predicted octanol–water partition coefficient (Wildman–Crippen LogP) is 5.57. The third kappa shape index (κ3) is 2.61. The molecule has 138 valence electrons. The fraction of sp³-hybridized carbons (Fsp3) is 0.0500. The van der Waals surface area contributed by atoms with Crippen molar-refractivity contribution in [2.45, 2.75) is 0 Å². The molecule has 1 aliphatic rings. The zero-order valence-corrected chi connectivity index (χ0v) is 16.1. The van der Waals surface area contributed by atoms with Gasteiger partial charge >= 0.3 is 0 Å². The van der Waals surface area contributed by atoms with Gasteiger partial charge in [-0.15, -0.1) is 0 Å². The second-order valence-corrected chi connectivity index (χ2v) is 7.06. The second-order valence-electron chi connectivity index (χ2n) is 6.22. The number of nitrogens with zero attached hydrogens (tertiary/aromatic N) is 3. The van der Waals surface area contributed by atoms with Crippen LogP contribution in [-0.4, -0.2) is 27.0 Å². The smallest absolute Gasteiger partial charge is 0.143 e. The van der Waals surface area contributed by atoms with Gasteiger partial charge in [0.05, 0.1) is 35.3 Å². The van der Waals surface area contributed by atoms with Crippen molar-refractivity contribution in [2.24, 2.45) is 0 Å². The summed E-state index contributed by atoms with van der Waals surface area (Å²) in [6.07, 6.45) is 5.24. The van der Waals surface area contributed by atoms with Crippen LogP contribution in [0.3, 0.4) is 0 Å². The van der Waals surface area contributed by atoms with Gasteiger partial charge in [-0.2, -0.15) is 0 Å². The molecule has 6 nitrogen and oxygen atoms in total. The van der Waals surface area contributed by atoms with E-state index in [4.69, 9.17) is 32.9 Å². The first kappa shape index (κ1) is 17.0. The minimum absolute atomic E-state index is 0.452. The van der Waals surface area contributed by atoms with Crippen LogP contribution in [0.4, 0.5) is 11.5 Å². The Morgan fingerprint density at radius 3 is 2.82 bits per heavy atom. The number of nitrogens with one attached hydrogen (secondary N) is 2. The number of ether oxygens (including phenoxy) is 1. The second kappa shape index (κ2) is 6.51. The van der Waals surface area contributed by atoms with Crippen molar-refractivity contribution in [3.63, 3.8) is 0 Å². The van der Waals surface area contributed by atoms with Gasteiger partial charge in [0.25, 0.3) is 0 Å². The van der Waals surface area contributed by atoms with Gasteiger partial charge in [0.2, 0.25) is 0 Å². The number of rotatable bonds is 2. The van der Waals surface area contributed by atoms with Crippen molar-refractivity contribution in [3.8, 4) is 39.7 Å². The molecule has 4 aromatic rings. The van der Waals surface area contributed by atoms with Gasteiger partial charge < -0.3 is 15.0 Å². The van der Waals surface area contributed by atoms with Gasteiger partial charge in [-0.3, -0.25) is 4.98 Å². The number of hydrogen-bond acceptors (Lipinski definition) is 5. The van der Waals surface area contributed by atoms with Crippen molar-refractivity contribution in [1.82, 2.24) is 19.9 Å². The van der Waals surface area contributed by atoms with Crippen molar-refractivity contribution in [1.29, 1.82) is 0 Å². The van der Waals surface area contributed by atoms with Crippen LogP contribution in [0, 0.1) is 0 Å². The highest BCUT2D eigenvalue weighted by Gasteiger charge is 2.25. The molecular weight excluding hydrogens is 397 g/mol. The average Bonchev–Trinajstić information content (AvgIpc) is 3.07. The van der Waals surface area contributed by atoms with E-state index in [1.807, 2.05) is 18.2 Å². The maximum absolute atomic E-state index is 6.49. The van der Waals surface area contributed by atoms with Crippen molar-refractivity contribution in [2.75, 3.05) is 12.4 Å². The molecule has 0 atom stereocenters. The molecule has 28 heavy (non-hydrogen) atoms. The highest BCUT2D eigenvalue weighted by Crippen LogP contribution is 2.45. The van der Waals surface area contributed by atoms with Crippen LogP contribution >= 0.6 is 23.2 Å². The number of pyridine rings is 2. The van der Waals surface area contributed by atoms with Crippen LogP contribution in [0.1, 0.15) is 0 Å². The molecule has 1 aliphatic heterocycles. The third-order valence-corrected chi connectivity index (χ3v) is 5.10. The highest BCUT2D eigenvalue weighted by atomic mass is 35.5. The van der Waals surface area contributed by atoms with Crippen LogP contribution < -0.4 is 10.1 Å². The van der Waals surface area contributed by atoms with E-state index >= 15 is 0 Å². The van der Waals surface area contributed by atoms with E-state index in [1.165, 1.54) is 0 Å². The van der Waals surface area contributed by atoms with E-state index in [0.29, 0.717) is 33.0 Å². The molecule has 0 saturated carbocycles. The number of anilines is 2. The van der Waals surface area contributed by atoms with Crippen LogP contribution in [-0.2, 0) is 0 Å². The van der Waals surface area contributed by atoms with E-state index in [-0.39, 0.29) is 0 Å². The first-order chi connectivity index (χ1) is 13.7. The van der Waals surface area contributed by atoms with E-state index < -0.39 is 0 Å². The number of fused-ring (bicyclic) bond motifs is 5. The summed E-state index contributed by atoms with van der Waals surface area (Å²) in [5, 5.41) is 4.28. The molecule has 4 heterocycles. The van der Waals surface area contributed by atoms with Gasteiger partial charge in [-0.25, -0.2) is 9.97 Å². The SMILES string of the molecule is COc1cc(Cl)cc(Cl)c1-c1nc2c([nH]1)-c1ccncc1Nc1ncccc1-2. The maximum Gasteiger partial charge on any atom is 0.143 e. The summed E-state index contributed by atoms with van der Waals surface area (Å²) in [5.41, 5.74) is 4.91. The Balaban J connectivity index is 1.81. The topological polar surface area (TPSA) is 75.7 Å². The summed E-state index contributed by atoms with van der Waals surface area (Å²) >= 11 is 12.6. The lowest BCUT2D eigenvalue weighted by molar-refractivity contribution is 0.416. The predicted molar refractivity (Wildman–Crippen MR) is 110 cm³/mol. The summed E-state index contributed by atoms with van der Waals surface area (Å²) in [6, 6.07) is 9.16. The average molecular weight is 410 g/mol. The minimum atomic E-state index is 0.452. The van der Waals surface area contributed by atoms with Gasteiger partial charge in [-0.05, 0) is 30.3 Å². The van der Waals surface area contributed by atoms with Gasteiger partial charge in [0.15, 0.2) is 0 Å². The molecule has 8 heteroatoms. The molecule has 0 amide bonds. The number of imidazole rings is 1. The molecule has 0 aliphatic carbocycles. The van der Waals surface area contributed by atoms with Crippen molar-refractivity contribution < 1.29 is 4.74 Å². The lowest BCUT2D eigenvalue weighted by Crippen LogP contribution is -1.96. The molecule has 1 aromatic carbocycles. The number of aromatic nitrogens is 4. The Labute approximate surface area is 170 Å². The standard InChI is InChI=1S/C20H13Cl2N5O/c1-28-15-8-10(21)7-13(22)16(15)20-26-17-11-4-6-23-9-14(11)25-19-12(18(17)27-20)3-2-5-24-19/h2-9H,1H3,(H,24,25)(H,26,27). The lowest BCUT2D eigenvalue weighted by atomic mass is 10.1. The number of aromatic amines is 1. The van der Waals surface area contributed by atoms with Crippen molar-refractivity contribution >= 4 is 34.7 Å². The molecular formula is C20H13Cl2N5O. The Hall–Kier alpha value is -3.09. The molecule has 0 radical (unpaired) electrons. The molecule has 0 saturated heterocycles. The first-order valence-corrected chi connectivity index (χ1v) is 9.21. The molecule has 2 N–H and O–H groups in total. The monoisotopic (exact) mass is 409 g/mol. The third-order valence-electron chi connectivity index (χ3n) is 4.59. The summed E-state index contributed by atoms with van der Waals surface area (Å²) in [5.74, 6) is 1.84. The summed E-state index contributed by atoms with van der Waals surface area (Å²) in [4.78, 5) is 16.9. The summed E-state index contributed by atoms with van der Waals surface area (Å²) in [7, 11) is 1.57. The van der Waals surface area contributed by atoms with Gasteiger partial charge in [-0.1, -0.05) is 23.2 Å². The first-order valence-electron chi connectivity index (χ1n) is 8.46. The van der Waals surface area contributed by atoms with Crippen LogP contribution in [0.2, 0.25) is 10.0 Å². The summed E-state index contributed by atoms with van der Waals surface area (Å²) < 4.78 is 5.49. The molecule has 0 fully saturated rings. The number of hydrogen-bond donors (Lipinski definition) is 2. The number of benzene rings is 1. The maximum atomic E-state index is 6.49. The lowest BCUT2D eigenvalue weighted by Gasteiger charge is -2.10. The van der Waals surface area contributed by atoms with E-state index in [0.717, 1.165) is 28.2 Å². The van der Waals surface area contributed by atoms with E-state index in [9.17, 15) is 0 Å². The number of methoxy groups -OCH3 is 1. The van der Waals surface area contributed by atoms with Crippen LogP contribution in [0.15, 0.2) is 48.9 Å². The van der Waals surface area contributed by atoms with E-state index in [1.54, 1.807) is 37.8 Å². The summed E-state index contributed by atoms with van der Waals surface area (Å²) in [6.45, 7) is 0. The number of H-pyrrole nitrogens is 1. The molecule has 0 unspecified atom stereocenters. The quantitative estimate of drug-likeness (QED) is 0.398. The zero-order valence-electron chi connectivity index (χ0n) is 14.6. The van der Waals surface area contributed by atoms with E-state index in [2.05, 4.69) is 20.3 Å². The Kier molecular flexibility index (Phi) is 3.96. The molecule has 3 aromatic heterocycles. The normalized spacial score (nSPS) is 11.7. The van der Waals surface area contributed by atoms with Crippen LogP contribution in [0.25, 0.3) is 33.9 Å². The number of halogens is 2. The Morgan fingerprint density at radius 2 is 1.96 bits per heavy atom. The molecule has 0 bridgehead atoms. The molecule has 5 rings (SSSR count). The van der Waals surface area contributed by atoms with Gasteiger partial charge in [0.1, 0.15) is 23.1 Å². The fourth-order valence-corrected chi connectivity index (χ4v) is 3.92. The Morgan fingerprint density at radius 1 is 1.07 bits per heavy atom. The molecule has 0 spiro atoms.